The molecule has 0 bridgehead atoms. The molecule has 3 nitrogen and oxygen atoms in total. The number of benzene rings is 1. The van der Waals surface area contributed by atoms with E-state index in [2.05, 4.69) is 0 Å². The van der Waals surface area contributed by atoms with Crippen LogP contribution >= 0.6 is 9.52 Å². The zero-order chi connectivity index (χ0) is 10.2. The van der Waals surface area contributed by atoms with E-state index in [9.17, 15) is 8.42 Å². The number of rotatable bonds is 1. The predicted molar refractivity (Wildman–Crippen MR) is 60.5 cm³/mol. The third kappa shape index (κ3) is 1.66. The Kier molecular flexibility index (Phi) is 2.30. The Labute approximate surface area is 84.6 Å². The lowest BCUT2D eigenvalue weighted by molar-refractivity contribution is 0.612. The fraction of sp³-hybridized carbons (Fsp3) is 0. The monoisotopic (exact) mass is 227 g/mol. The van der Waals surface area contributed by atoms with Crippen LogP contribution in [0.15, 0.2) is 35.2 Å². The van der Waals surface area contributed by atoms with Gasteiger partial charge in [0.2, 0.25) is 0 Å². The molecule has 1 unspecified atom stereocenters. The van der Waals surface area contributed by atoms with Crippen LogP contribution in [-0.2, 0) is 9.06 Å². The van der Waals surface area contributed by atoms with Crippen LogP contribution in [0.2, 0.25) is 0 Å². The van der Waals surface area contributed by atoms with E-state index in [1.807, 2.05) is 24.3 Å². The van der Waals surface area contributed by atoms with Gasteiger partial charge < -0.3 is 0 Å². The summed E-state index contributed by atoms with van der Waals surface area (Å²) in [6.07, 6.45) is 3.61. The van der Waals surface area contributed by atoms with E-state index in [1.165, 1.54) is 0 Å². The minimum Gasteiger partial charge on any atom is -0.220 e. The Hall–Kier alpha value is -0.910. The molecule has 0 spiro atoms. The number of hydrogen-bond acceptors (Lipinski definition) is 2. The summed E-state index contributed by atoms with van der Waals surface area (Å²) in [7, 11) is -4.52. The van der Waals surface area contributed by atoms with E-state index in [-0.39, 0.29) is 0 Å². The van der Waals surface area contributed by atoms with Crippen LogP contribution in [0, 0.1) is 0 Å². The maximum absolute atomic E-state index is 11.3. The molecule has 1 aromatic rings. The summed E-state index contributed by atoms with van der Waals surface area (Å²) in [5.41, 5.74) is 0.923. The van der Waals surface area contributed by atoms with Gasteiger partial charge in [-0.05, 0) is 26.5 Å². The van der Waals surface area contributed by atoms with E-state index in [4.69, 9.17) is 5.14 Å². The third-order valence-corrected chi connectivity index (χ3v) is 5.95. The van der Waals surface area contributed by atoms with Crippen molar-refractivity contribution in [1.82, 2.24) is 0 Å². The van der Waals surface area contributed by atoms with Gasteiger partial charge in [-0.15, -0.1) is 0 Å². The third-order valence-electron chi connectivity index (χ3n) is 1.86. The lowest BCUT2D eigenvalue weighted by atomic mass is 10.2. The minimum atomic E-state index is -3.52. The van der Waals surface area contributed by atoms with Gasteiger partial charge in [0, 0.05) is 4.90 Å². The van der Waals surface area contributed by atoms with Gasteiger partial charge in [-0.25, -0.2) is 13.6 Å². The molecule has 0 radical (unpaired) electrons. The zero-order valence-corrected chi connectivity index (χ0v) is 8.88. The Balaban J connectivity index is 2.70. The van der Waals surface area contributed by atoms with Crippen molar-refractivity contribution >= 4 is 30.0 Å². The number of hydrogen-bond donors (Lipinski definition) is 1. The van der Waals surface area contributed by atoms with E-state index < -0.39 is 18.6 Å². The first-order chi connectivity index (χ1) is 6.59. The molecule has 1 heterocycles. The molecule has 1 atom stereocenters. The molecular weight excluding hydrogens is 218 g/mol. The van der Waals surface area contributed by atoms with Crippen molar-refractivity contribution in [3.05, 3.63) is 35.9 Å². The van der Waals surface area contributed by atoms with Gasteiger partial charge in [0.1, 0.15) is 0 Å². The fourth-order valence-corrected chi connectivity index (χ4v) is 4.51. The molecule has 0 aliphatic carbocycles. The van der Waals surface area contributed by atoms with Crippen LogP contribution in [-0.4, -0.2) is 13.8 Å². The van der Waals surface area contributed by atoms with Crippen molar-refractivity contribution in [2.24, 2.45) is 5.14 Å². The quantitative estimate of drug-likeness (QED) is 0.581. The van der Waals surface area contributed by atoms with Crippen molar-refractivity contribution in [3.63, 3.8) is 0 Å². The molecule has 1 aliphatic heterocycles. The van der Waals surface area contributed by atoms with Gasteiger partial charge in [0.15, 0.2) is 0 Å². The lowest BCUT2D eigenvalue weighted by Crippen LogP contribution is -2.10. The van der Waals surface area contributed by atoms with Crippen molar-refractivity contribution < 1.29 is 8.42 Å². The molecule has 74 valence electrons. The van der Waals surface area contributed by atoms with Crippen molar-refractivity contribution in [2.75, 3.05) is 0 Å². The van der Waals surface area contributed by atoms with Crippen molar-refractivity contribution in [3.8, 4) is 0 Å². The van der Waals surface area contributed by atoms with Crippen LogP contribution in [0.5, 0.6) is 0 Å². The second-order valence-electron chi connectivity index (χ2n) is 2.82. The molecule has 5 heteroatoms. The normalized spacial score (nSPS) is 19.9. The molecule has 0 saturated heterocycles. The highest BCUT2D eigenvalue weighted by atomic mass is 33.2. The summed E-state index contributed by atoms with van der Waals surface area (Å²) < 4.78 is 22.5. The largest absolute Gasteiger partial charge is 0.260 e. The zero-order valence-electron chi connectivity index (χ0n) is 7.25. The Morgan fingerprint density at radius 3 is 2.64 bits per heavy atom. The Morgan fingerprint density at radius 2 is 1.93 bits per heavy atom. The number of nitrogens with two attached hydrogens (primary N) is 1. The summed E-state index contributed by atoms with van der Waals surface area (Å²) >= 11 is 0. The smallest absolute Gasteiger partial charge is 0.220 e. The first-order valence-electron chi connectivity index (χ1n) is 3.96. The van der Waals surface area contributed by atoms with Gasteiger partial charge in [0.25, 0.3) is 9.06 Å². The molecule has 0 amide bonds. The SMILES string of the molecule is NS(=O)(=O)S1=CC=Cc2ccccc21. The van der Waals surface area contributed by atoms with Crippen LogP contribution in [0.4, 0.5) is 0 Å². The molecule has 2 rings (SSSR count). The molecule has 0 aromatic heterocycles. The Bertz CT molecular complexity index is 529. The van der Waals surface area contributed by atoms with Crippen LogP contribution in [0.1, 0.15) is 5.56 Å². The minimum absolute atomic E-state index is 0.775. The molecule has 1 aliphatic rings. The van der Waals surface area contributed by atoms with Gasteiger partial charge in [-0.1, -0.05) is 30.4 Å². The predicted octanol–water partition coefficient (Wildman–Crippen LogP) is 1.35. The van der Waals surface area contributed by atoms with Crippen molar-refractivity contribution in [1.29, 1.82) is 0 Å². The van der Waals surface area contributed by atoms with E-state index >= 15 is 0 Å². The van der Waals surface area contributed by atoms with Gasteiger partial charge in [0.05, 0.1) is 0 Å². The average Bonchev–Trinajstić information content (AvgIpc) is 2.15. The highest BCUT2D eigenvalue weighted by molar-refractivity contribution is 8.78. The summed E-state index contributed by atoms with van der Waals surface area (Å²) in [5.74, 6) is 0. The second kappa shape index (κ2) is 3.34. The molecule has 14 heavy (non-hydrogen) atoms. The van der Waals surface area contributed by atoms with Crippen LogP contribution in [0.25, 0.3) is 6.08 Å². The van der Waals surface area contributed by atoms with E-state index in [0.29, 0.717) is 0 Å². The first-order valence-corrected chi connectivity index (χ1v) is 7.31. The van der Waals surface area contributed by atoms with E-state index in [1.54, 1.807) is 17.5 Å². The van der Waals surface area contributed by atoms with E-state index in [0.717, 1.165) is 10.5 Å². The molecule has 0 saturated carbocycles. The van der Waals surface area contributed by atoms with Crippen LogP contribution < -0.4 is 5.14 Å². The first kappa shape index (κ1) is 9.64. The van der Waals surface area contributed by atoms with Gasteiger partial charge in [-0.3, -0.25) is 0 Å². The maximum atomic E-state index is 11.3. The molecule has 0 fully saturated rings. The summed E-state index contributed by atoms with van der Waals surface area (Å²) in [4.78, 5) is 0.775. The molecule has 1 aromatic carbocycles. The van der Waals surface area contributed by atoms with Gasteiger partial charge >= 0.3 is 0 Å². The highest BCUT2D eigenvalue weighted by Gasteiger charge is 2.16. The van der Waals surface area contributed by atoms with Crippen LogP contribution in [0.3, 0.4) is 0 Å². The van der Waals surface area contributed by atoms with Gasteiger partial charge in [-0.2, -0.15) is 0 Å². The second-order valence-corrected chi connectivity index (χ2v) is 7.59. The molecular formula is C9H9NO2S2. The lowest BCUT2D eigenvalue weighted by Gasteiger charge is -2.12. The summed E-state index contributed by atoms with van der Waals surface area (Å²) in [5, 5.41) is 6.77. The fourth-order valence-electron chi connectivity index (χ4n) is 1.29. The maximum Gasteiger partial charge on any atom is 0.260 e. The number of allylic oxidation sites excluding steroid dienone is 1. The summed E-state index contributed by atoms with van der Waals surface area (Å²) in [6.45, 7) is 0. The Morgan fingerprint density at radius 1 is 1.21 bits per heavy atom. The summed E-state index contributed by atoms with van der Waals surface area (Å²) in [6, 6.07) is 7.36. The number of fused-ring (bicyclic) bond motifs is 1. The average molecular weight is 227 g/mol. The highest BCUT2D eigenvalue weighted by Crippen LogP contribution is 2.35. The molecule has 2 N–H and O–H groups in total. The van der Waals surface area contributed by atoms with Crippen molar-refractivity contribution in [2.45, 2.75) is 4.90 Å². The standard InChI is InChI=1S/C9H9NO2S2/c10-14(11,12)13-7-3-5-8-4-1-2-6-9(8)13/h1-7H,(H2,10,11,12). The topological polar surface area (TPSA) is 60.2 Å².